The molecule has 1 N–H and O–H groups in total. The van der Waals surface area contributed by atoms with Gasteiger partial charge in [-0.3, -0.25) is 9.59 Å². The van der Waals surface area contributed by atoms with Gasteiger partial charge in [-0.1, -0.05) is 35.9 Å². The van der Waals surface area contributed by atoms with E-state index in [0.29, 0.717) is 29.3 Å². The van der Waals surface area contributed by atoms with Gasteiger partial charge in [-0.2, -0.15) is 15.2 Å². The van der Waals surface area contributed by atoms with Gasteiger partial charge in [-0.25, -0.2) is 10.4 Å². The lowest BCUT2D eigenvalue weighted by Gasteiger charge is -2.13. The molecule has 1 atom stereocenters. The molecule has 4 aromatic rings. The van der Waals surface area contributed by atoms with Gasteiger partial charge in [0.05, 0.1) is 36.7 Å². The molecule has 1 aliphatic rings. The minimum absolute atomic E-state index is 0.00164. The summed E-state index contributed by atoms with van der Waals surface area (Å²) in [5, 5.41) is 9.85. The van der Waals surface area contributed by atoms with Crippen LogP contribution < -0.4 is 19.9 Å². The Labute approximate surface area is 231 Å². The highest BCUT2D eigenvalue weighted by atomic mass is 16.5. The molecule has 0 bridgehead atoms. The molecule has 40 heavy (non-hydrogen) atoms. The van der Waals surface area contributed by atoms with Crippen molar-refractivity contribution in [1.82, 2.24) is 15.0 Å². The van der Waals surface area contributed by atoms with E-state index in [1.807, 2.05) is 78.2 Å². The van der Waals surface area contributed by atoms with Crippen molar-refractivity contribution in [2.24, 2.45) is 16.1 Å². The Bertz CT molecular complexity index is 1620. The minimum atomic E-state index is -0.656. The summed E-state index contributed by atoms with van der Waals surface area (Å²) in [4.78, 5) is 30.7. The number of nitrogens with zero attached hydrogens (tertiary/aromatic N) is 5. The number of carbonyl (C=O) groups excluding carboxylic acids is 2. The van der Waals surface area contributed by atoms with E-state index in [4.69, 9.17) is 14.5 Å². The maximum absolute atomic E-state index is 13.0. The molecule has 204 valence electrons. The lowest BCUT2D eigenvalue weighted by Crippen LogP contribution is -2.29. The zero-order chi connectivity index (χ0) is 28.2. The first-order valence-corrected chi connectivity index (χ1v) is 12.8. The number of amides is 2. The number of rotatable bonds is 9. The number of aromatic nitrogens is 2. The van der Waals surface area contributed by atoms with Crippen molar-refractivity contribution in [3.63, 3.8) is 0 Å². The Morgan fingerprint density at radius 1 is 1.02 bits per heavy atom. The fraction of sp³-hybridized carbons (Fsp3) is 0.233. The molecule has 1 aromatic heterocycles. The fourth-order valence-electron chi connectivity index (χ4n) is 4.59. The van der Waals surface area contributed by atoms with Crippen molar-refractivity contribution in [2.45, 2.75) is 26.8 Å². The van der Waals surface area contributed by atoms with Crippen molar-refractivity contribution in [3.8, 4) is 11.5 Å². The van der Waals surface area contributed by atoms with Crippen LogP contribution in [0.2, 0.25) is 0 Å². The summed E-state index contributed by atoms with van der Waals surface area (Å²) in [6.07, 6.45) is 1.90. The zero-order valence-corrected chi connectivity index (χ0v) is 22.8. The predicted molar refractivity (Wildman–Crippen MR) is 154 cm³/mol. The number of ether oxygens (including phenoxy) is 2. The van der Waals surface area contributed by atoms with Gasteiger partial charge in [0.25, 0.3) is 11.8 Å². The summed E-state index contributed by atoms with van der Waals surface area (Å²) in [5.41, 5.74) is 7.51. The number of para-hydroxylation sites is 2. The minimum Gasteiger partial charge on any atom is -0.493 e. The molecule has 0 radical (unpaired) electrons. The number of methoxy groups -OCH3 is 2. The highest BCUT2D eigenvalue weighted by Crippen LogP contribution is 2.29. The van der Waals surface area contributed by atoms with E-state index in [-0.39, 0.29) is 18.4 Å². The summed E-state index contributed by atoms with van der Waals surface area (Å²) >= 11 is 0. The molecule has 2 heterocycles. The van der Waals surface area contributed by atoms with Crippen molar-refractivity contribution < 1.29 is 19.1 Å². The predicted octanol–water partition coefficient (Wildman–Crippen LogP) is 4.09. The second kappa shape index (κ2) is 11.4. The SMILES string of the molecule is COc1ccc(Cc2nc3ccccc3n2CC(=O)N/N=C/C2C(=O)N(c3ccc(C)cc3)N=C2C)cc1OC. The van der Waals surface area contributed by atoms with E-state index in [1.165, 1.54) is 11.2 Å². The molecular formula is C30H30N6O4. The molecule has 5 rings (SSSR count). The third kappa shape index (κ3) is 5.42. The number of hydrogen-bond donors (Lipinski definition) is 1. The molecule has 1 aliphatic heterocycles. The van der Waals surface area contributed by atoms with Crippen LogP contribution >= 0.6 is 0 Å². The van der Waals surface area contributed by atoms with E-state index in [1.54, 1.807) is 21.1 Å². The van der Waals surface area contributed by atoms with Gasteiger partial charge in [-0.15, -0.1) is 0 Å². The Kier molecular flexibility index (Phi) is 7.59. The number of benzene rings is 3. The van der Waals surface area contributed by atoms with E-state index >= 15 is 0 Å². The van der Waals surface area contributed by atoms with Crippen molar-refractivity contribution in [2.75, 3.05) is 19.2 Å². The van der Waals surface area contributed by atoms with Crippen molar-refractivity contribution in [1.29, 1.82) is 0 Å². The molecule has 0 fully saturated rings. The number of carbonyl (C=O) groups is 2. The normalized spacial score (nSPS) is 15.1. The van der Waals surface area contributed by atoms with Crippen molar-refractivity contribution in [3.05, 3.63) is 83.7 Å². The van der Waals surface area contributed by atoms with Gasteiger partial charge >= 0.3 is 0 Å². The summed E-state index contributed by atoms with van der Waals surface area (Å²) in [5.74, 6) is 0.753. The molecule has 2 amide bonds. The molecule has 10 nitrogen and oxygen atoms in total. The van der Waals surface area contributed by atoms with E-state index in [0.717, 1.165) is 28.0 Å². The number of hydrazone groups is 2. The summed E-state index contributed by atoms with van der Waals surface area (Å²) in [6, 6.07) is 20.9. The first kappa shape index (κ1) is 26.6. The standard InChI is InChI=1S/C30H30N6O4/c1-19-9-12-22(13-10-19)36-30(38)23(20(2)34-36)17-31-33-29(37)18-35-25-8-6-5-7-24(25)32-28(35)16-21-11-14-26(39-3)27(15-21)40-4/h5-15,17,23H,16,18H2,1-4H3,(H,33,37)/b31-17+. The fourth-order valence-corrected chi connectivity index (χ4v) is 4.59. The largest absolute Gasteiger partial charge is 0.493 e. The van der Waals surface area contributed by atoms with Crippen LogP contribution in [0, 0.1) is 12.8 Å². The average Bonchev–Trinajstić information content (AvgIpc) is 3.44. The first-order chi connectivity index (χ1) is 19.4. The van der Waals surface area contributed by atoms with Crippen LogP contribution in [0.4, 0.5) is 5.69 Å². The lowest BCUT2D eigenvalue weighted by atomic mass is 10.1. The Hall–Kier alpha value is -4.99. The molecule has 1 unspecified atom stereocenters. The van der Waals surface area contributed by atoms with Gasteiger partial charge in [0.15, 0.2) is 11.5 Å². The highest BCUT2D eigenvalue weighted by molar-refractivity contribution is 6.23. The summed E-state index contributed by atoms with van der Waals surface area (Å²) in [7, 11) is 3.18. The average molecular weight is 539 g/mol. The van der Waals surface area contributed by atoms with Crippen LogP contribution in [0.1, 0.15) is 23.9 Å². The first-order valence-electron chi connectivity index (χ1n) is 12.8. The molecular weight excluding hydrogens is 508 g/mol. The topological polar surface area (TPSA) is 110 Å². The van der Waals surface area contributed by atoms with Crippen LogP contribution in [-0.2, 0) is 22.6 Å². The molecule has 0 saturated heterocycles. The third-order valence-corrected chi connectivity index (χ3v) is 6.72. The lowest BCUT2D eigenvalue weighted by molar-refractivity contribution is -0.122. The smallest absolute Gasteiger partial charge is 0.261 e. The summed E-state index contributed by atoms with van der Waals surface area (Å²) in [6.45, 7) is 3.75. The number of anilines is 1. The maximum atomic E-state index is 13.0. The molecule has 0 spiro atoms. The van der Waals surface area contributed by atoms with Gasteiger partial charge < -0.3 is 14.0 Å². The van der Waals surface area contributed by atoms with Gasteiger partial charge in [0.2, 0.25) is 0 Å². The van der Waals surface area contributed by atoms with Crippen LogP contribution in [0.25, 0.3) is 11.0 Å². The van der Waals surface area contributed by atoms with Gasteiger partial charge in [0.1, 0.15) is 18.3 Å². The number of aryl methyl sites for hydroxylation is 1. The maximum Gasteiger partial charge on any atom is 0.261 e. The van der Waals surface area contributed by atoms with Crippen LogP contribution in [0.15, 0.2) is 76.9 Å². The van der Waals surface area contributed by atoms with Crippen LogP contribution in [-0.4, -0.2) is 47.5 Å². The van der Waals surface area contributed by atoms with E-state index < -0.39 is 5.92 Å². The Morgan fingerprint density at radius 2 is 1.77 bits per heavy atom. The summed E-state index contributed by atoms with van der Waals surface area (Å²) < 4.78 is 12.6. The molecule has 0 saturated carbocycles. The zero-order valence-electron chi connectivity index (χ0n) is 22.8. The van der Waals surface area contributed by atoms with Crippen LogP contribution in [0.3, 0.4) is 0 Å². The van der Waals surface area contributed by atoms with E-state index in [9.17, 15) is 9.59 Å². The Balaban J connectivity index is 1.30. The number of fused-ring (bicyclic) bond motifs is 1. The van der Waals surface area contributed by atoms with Gasteiger partial charge in [0, 0.05) is 12.6 Å². The second-order valence-corrected chi connectivity index (χ2v) is 9.49. The highest BCUT2D eigenvalue weighted by Gasteiger charge is 2.33. The Morgan fingerprint density at radius 3 is 2.52 bits per heavy atom. The molecule has 0 aliphatic carbocycles. The third-order valence-electron chi connectivity index (χ3n) is 6.72. The second-order valence-electron chi connectivity index (χ2n) is 9.49. The van der Waals surface area contributed by atoms with Gasteiger partial charge in [-0.05, 0) is 55.8 Å². The number of hydrogen-bond acceptors (Lipinski definition) is 7. The van der Waals surface area contributed by atoms with E-state index in [2.05, 4.69) is 15.6 Å². The molecule has 3 aromatic carbocycles. The van der Waals surface area contributed by atoms with Crippen molar-refractivity contribution >= 4 is 40.5 Å². The van der Waals surface area contributed by atoms with Crippen LogP contribution in [0.5, 0.6) is 11.5 Å². The quantitative estimate of drug-likeness (QED) is 0.255. The molecule has 10 heteroatoms. The monoisotopic (exact) mass is 538 g/mol. The number of imidazole rings is 1. The number of nitrogens with one attached hydrogen (secondary N) is 1.